The number of anilines is 1. The molecule has 0 heterocycles. The molecule has 2 rings (SSSR count). The second kappa shape index (κ2) is 7.41. The molecule has 0 saturated carbocycles. The zero-order valence-corrected chi connectivity index (χ0v) is 13.5. The summed E-state index contributed by atoms with van der Waals surface area (Å²) in [5.74, 6) is -0.882. The zero-order chi connectivity index (χ0) is 19.5. The van der Waals surface area contributed by atoms with Crippen LogP contribution in [0.3, 0.4) is 0 Å². The number of nitrogens with one attached hydrogen (secondary N) is 1. The van der Waals surface area contributed by atoms with Crippen LogP contribution in [-0.2, 0) is 17.1 Å². The Kier molecular flexibility index (Phi) is 5.65. The lowest BCUT2D eigenvalue weighted by molar-refractivity contribution is -0.143. The lowest BCUT2D eigenvalue weighted by Gasteiger charge is -2.14. The van der Waals surface area contributed by atoms with Gasteiger partial charge in [0.25, 0.3) is 0 Å². The fourth-order valence-electron chi connectivity index (χ4n) is 1.96. The van der Waals surface area contributed by atoms with Crippen LogP contribution in [-0.4, -0.2) is 5.91 Å². The van der Waals surface area contributed by atoms with E-state index in [2.05, 4.69) is 0 Å². The average molecular weight is 394 g/mol. The summed E-state index contributed by atoms with van der Waals surface area (Å²) in [5.41, 5.74) is -3.06. The molecule has 2 aromatic carbocycles. The zero-order valence-electron chi connectivity index (χ0n) is 12.8. The smallest absolute Gasteiger partial charge is 0.322 e. The van der Waals surface area contributed by atoms with Gasteiger partial charge in [0.2, 0.25) is 5.91 Å². The summed E-state index contributed by atoms with van der Waals surface area (Å²) in [7, 11) is 0. The highest BCUT2D eigenvalue weighted by molar-refractivity contribution is 6.30. The quantitative estimate of drug-likeness (QED) is 0.500. The van der Waals surface area contributed by atoms with Crippen LogP contribution in [0, 0.1) is 0 Å². The van der Waals surface area contributed by atoms with Crippen molar-refractivity contribution in [3.8, 4) is 0 Å². The molecule has 0 bridgehead atoms. The number of benzene rings is 2. The highest BCUT2D eigenvalue weighted by atomic mass is 35.5. The molecule has 0 aliphatic heterocycles. The predicted octanol–water partition coefficient (Wildman–Crippen LogP) is 6.03. The van der Waals surface area contributed by atoms with Crippen molar-refractivity contribution < 1.29 is 31.1 Å². The molecule has 2 aromatic rings. The van der Waals surface area contributed by atoms with Gasteiger partial charge in [-0.15, -0.1) is 0 Å². The van der Waals surface area contributed by atoms with Crippen LogP contribution in [0.1, 0.15) is 16.7 Å². The Morgan fingerprint density at radius 2 is 1.38 bits per heavy atom. The lowest BCUT2D eigenvalue weighted by Crippen LogP contribution is -2.14. The fraction of sp³-hybridized carbons (Fsp3) is 0.118. The Hall–Kier alpha value is -2.48. The maximum Gasteiger partial charge on any atom is 0.416 e. The van der Waals surface area contributed by atoms with E-state index in [4.69, 9.17) is 11.6 Å². The first-order valence-corrected chi connectivity index (χ1v) is 7.37. The molecule has 1 amide bonds. The predicted molar refractivity (Wildman–Crippen MR) is 85.6 cm³/mol. The monoisotopic (exact) mass is 393 g/mol. The number of halogens is 7. The molecule has 0 aliphatic rings. The third-order valence-corrected chi connectivity index (χ3v) is 3.40. The molecule has 0 unspecified atom stereocenters. The van der Waals surface area contributed by atoms with Crippen LogP contribution in [0.25, 0.3) is 6.08 Å². The lowest BCUT2D eigenvalue weighted by atomic mass is 10.1. The molecule has 0 aromatic heterocycles. The minimum Gasteiger partial charge on any atom is -0.322 e. The van der Waals surface area contributed by atoms with Crippen LogP contribution in [0.2, 0.25) is 5.02 Å². The van der Waals surface area contributed by atoms with Gasteiger partial charge in [-0.3, -0.25) is 4.79 Å². The van der Waals surface area contributed by atoms with Gasteiger partial charge in [0.05, 0.1) is 11.1 Å². The molecule has 0 radical (unpaired) electrons. The molecular formula is C17H10ClF6NO. The molecule has 0 saturated heterocycles. The van der Waals surface area contributed by atoms with Crippen LogP contribution >= 0.6 is 11.6 Å². The van der Waals surface area contributed by atoms with Crippen molar-refractivity contribution >= 4 is 29.3 Å². The second-order valence-electron chi connectivity index (χ2n) is 5.17. The van der Waals surface area contributed by atoms with E-state index in [9.17, 15) is 31.1 Å². The van der Waals surface area contributed by atoms with Crippen LogP contribution < -0.4 is 5.32 Å². The maximum absolute atomic E-state index is 12.8. The number of amides is 1. The van der Waals surface area contributed by atoms with Crippen molar-refractivity contribution in [2.24, 2.45) is 0 Å². The molecule has 1 N–H and O–H groups in total. The van der Waals surface area contributed by atoms with Gasteiger partial charge in [-0.1, -0.05) is 23.7 Å². The largest absolute Gasteiger partial charge is 0.416 e. The highest BCUT2D eigenvalue weighted by Gasteiger charge is 2.37. The third kappa shape index (κ3) is 5.52. The number of hydrogen-bond acceptors (Lipinski definition) is 1. The summed E-state index contributed by atoms with van der Waals surface area (Å²) in [5, 5.41) is 2.46. The normalized spacial score (nSPS) is 12.4. The topological polar surface area (TPSA) is 29.1 Å². The molecule has 9 heteroatoms. The van der Waals surface area contributed by atoms with Crippen molar-refractivity contribution in [3.63, 3.8) is 0 Å². The minimum absolute atomic E-state index is 0.0147. The van der Waals surface area contributed by atoms with Crippen molar-refractivity contribution in [3.05, 3.63) is 70.3 Å². The van der Waals surface area contributed by atoms with E-state index in [1.807, 2.05) is 5.32 Å². The van der Waals surface area contributed by atoms with E-state index < -0.39 is 35.1 Å². The van der Waals surface area contributed by atoms with Gasteiger partial charge in [-0.25, -0.2) is 0 Å². The van der Waals surface area contributed by atoms with Crippen molar-refractivity contribution in [2.75, 3.05) is 5.32 Å². The summed E-state index contributed by atoms with van der Waals surface area (Å²) in [4.78, 5) is 11.8. The van der Waals surface area contributed by atoms with Crippen molar-refractivity contribution in [1.82, 2.24) is 0 Å². The van der Waals surface area contributed by atoms with Crippen molar-refractivity contribution in [2.45, 2.75) is 12.4 Å². The van der Waals surface area contributed by atoms with Gasteiger partial charge in [-0.05, 0) is 42.0 Å². The van der Waals surface area contributed by atoms with Crippen LogP contribution in [0.5, 0.6) is 0 Å². The maximum atomic E-state index is 12.8. The summed E-state index contributed by atoms with van der Waals surface area (Å²) in [6, 6.07) is 7.13. The van der Waals surface area contributed by atoms with E-state index in [0.29, 0.717) is 22.7 Å². The van der Waals surface area contributed by atoms with Gasteiger partial charge in [0.15, 0.2) is 0 Å². The van der Waals surface area contributed by atoms with Gasteiger partial charge >= 0.3 is 12.4 Å². The molecule has 0 atom stereocenters. The second-order valence-corrected chi connectivity index (χ2v) is 5.61. The Labute approximate surface area is 149 Å². The first-order chi connectivity index (χ1) is 11.9. The van der Waals surface area contributed by atoms with E-state index >= 15 is 0 Å². The highest BCUT2D eigenvalue weighted by Crippen LogP contribution is 2.37. The van der Waals surface area contributed by atoms with Gasteiger partial charge < -0.3 is 5.32 Å². The number of hydrogen-bond donors (Lipinski definition) is 1. The van der Waals surface area contributed by atoms with Crippen LogP contribution in [0.15, 0.2) is 48.5 Å². The third-order valence-electron chi connectivity index (χ3n) is 3.15. The van der Waals surface area contributed by atoms with Gasteiger partial charge in [0.1, 0.15) is 0 Å². The Balaban J connectivity index is 2.24. The number of rotatable bonds is 3. The molecule has 0 spiro atoms. The van der Waals surface area contributed by atoms with E-state index in [1.165, 1.54) is 6.08 Å². The molecule has 26 heavy (non-hydrogen) atoms. The first-order valence-electron chi connectivity index (χ1n) is 6.99. The molecule has 2 nitrogen and oxygen atoms in total. The van der Waals surface area contributed by atoms with E-state index in [-0.39, 0.29) is 6.07 Å². The first kappa shape index (κ1) is 19.8. The summed E-state index contributed by atoms with van der Waals surface area (Å²) < 4.78 is 76.6. The van der Waals surface area contributed by atoms with E-state index in [0.717, 1.165) is 6.08 Å². The van der Waals surface area contributed by atoms with E-state index in [1.54, 1.807) is 24.3 Å². The van der Waals surface area contributed by atoms with Gasteiger partial charge in [0, 0.05) is 16.8 Å². The van der Waals surface area contributed by atoms with Crippen molar-refractivity contribution in [1.29, 1.82) is 0 Å². The summed E-state index contributed by atoms with van der Waals surface area (Å²) in [6.45, 7) is 0. The number of alkyl halides is 6. The Bertz CT molecular complexity index is 792. The summed E-state index contributed by atoms with van der Waals surface area (Å²) in [6.07, 6.45) is -7.65. The Morgan fingerprint density at radius 3 is 1.85 bits per heavy atom. The molecular weight excluding hydrogens is 384 g/mol. The molecule has 138 valence electrons. The molecule has 0 aliphatic carbocycles. The average Bonchev–Trinajstić information content (AvgIpc) is 2.52. The minimum atomic E-state index is -4.99. The Morgan fingerprint density at radius 1 is 0.885 bits per heavy atom. The fourth-order valence-corrected chi connectivity index (χ4v) is 2.08. The number of carbonyl (C=O) groups excluding carboxylic acids is 1. The molecule has 0 fully saturated rings. The number of carbonyl (C=O) groups is 1. The SMILES string of the molecule is O=C(C=Cc1ccc(Cl)cc1)Nc1cc(C(F)(F)F)cc(C(F)(F)F)c1. The van der Waals surface area contributed by atoms with Gasteiger partial charge in [-0.2, -0.15) is 26.3 Å². The summed E-state index contributed by atoms with van der Waals surface area (Å²) >= 11 is 5.70. The van der Waals surface area contributed by atoms with Crippen LogP contribution in [0.4, 0.5) is 32.0 Å². The standard InChI is InChI=1S/C17H10ClF6NO/c18-13-4-1-10(2-5-13)3-6-15(26)25-14-8-11(16(19,20)21)7-12(9-14)17(22,23)24/h1-9H,(H,25,26).